The van der Waals surface area contributed by atoms with E-state index < -0.39 is 0 Å². The summed E-state index contributed by atoms with van der Waals surface area (Å²) < 4.78 is 0. The van der Waals surface area contributed by atoms with Gasteiger partial charge < -0.3 is 15.5 Å². The van der Waals surface area contributed by atoms with Crippen molar-refractivity contribution in [3.05, 3.63) is 0 Å². The molecule has 0 aromatic rings. The van der Waals surface area contributed by atoms with Gasteiger partial charge in [-0.05, 0) is 44.1 Å². The fourth-order valence-corrected chi connectivity index (χ4v) is 2.90. The summed E-state index contributed by atoms with van der Waals surface area (Å²) in [6.45, 7) is 7.35. The minimum absolute atomic E-state index is 0.0470. The summed E-state index contributed by atoms with van der Waals surface area (Å²) in [6.07, 6.45) is 5.83. The predicted octanol–water partition coefficient (Wildman–Crippen LogP) is 1.53. The molecule has 0 atom stereocenters. The zero-order chi connectivity index (χ0) is 15.9. The van der Waals surface area contributed by atoms with Gasteiger partial charge >= 0.3 is 0 Å². The molecule has 2 aliphatic rings. The minimum atomic E-state index is 0.0470. The Bertz CT molecular complexity index is 372. The normalized spacial score (nSPS) is 19.5. The van der Waals surface area contributed by atoms with E-state index in [4.69, 9.17) is 0 Å². The Morgan fingerprint density at radius 3 is 2.41 bits per heavy atom. The summed E-state index contributed by atoms with van der Waals surface area (Å²) in [6, 6.07) is 0.579. The van der Waals surface area contributed by atoms with Crippen molar-refractivity contribution in [2.45, 2.75) is 58.4 Å². The van der Waals surface area contributed by atoms with Crippen LogP contribution in [0, 0.1) is 11.8 Å². The van der Waals surface area contributed by atoms with E-state index >= 15 is 0 Å². The Hall–Kier alpha value is -1.10. The molecule has 1 aliphatic heterocycles. The summed E-state index contributed by atoms with van der Waals surface area (Å²) in [7, 11) is 0. The monoisotopic (exact) mass is 309 g/mol. The molecule has 1 heterocycles. The van der Waals surface area contributed by atoms with Crippen molar-refractivity contribution in [1.82, 2.24) is 15.5 Å². The lowest BCUT2D eigenvalue weighted by Crippen LogP contribution is -2.46. The van der Waals surface area contributed by atoms with Gasteiger partial charge in [0, 0.05) is 38.5 Å². The molecule has 2 amide bonds. The standard InChI is InChI=1S/C17H31N3O2/c1-13(2)11-16(21)18-8-5-17(22)20-9-6-15(7-10-20)19-12-14-3-4-14/h13-15,19H,3-12H2,1-2H3,(H,18,21). The fourth-order valence-electron chi connectivity index (χ4n) is 2.90. The highest BCUT2D eigenvalue weighted by molar-refractivity contribution is 5.79. The Kier molecular flexibility index (Phi) is 6.68. The van der Waals surface area contributed by atoms with E-state index in [0.29, 0.717) is 31.3 Å². The van der Waals surface area contributed by atoms with Crippen molar-refractivity contribution in [3.63, 3.8) is 0 Å². The third kappa shape index (κ3) is 6.34. The number of hydrogen-bond donors (Lipinski definition) is 2. The van der Waals surface area contributed by atoms with Gasteiger partial charge in [-0.1, -0.05) is 13.8 Å². The highest BCUT2D eigenvalue weighted by Gasteiger charge is 2.25. The zero-order valence-electron chi connectivity index (χ0n) is 14.1. The fraction of sp³-hybridized carbons (Fsp3) is 0.882. The van der Waals surface area contributed by atoms with Crippen LogP contribution in [0.2, 0.25) is 0 Å². The first-order valence-corrected chi connectivity index (χ1v) is 8.82. The van der Waals surface area contributed by atoms with Crippen molar-refractivity contribution in [2.24, 2.45) is 11.8 Å². The van der Waals surface area contributed by atoms with Gasteiger partial charge in [-0.3, -0.25) is 9.59 Å². The highest BCUT2D eigenvalue weighted by Crippen LogP contribution is 2.28. The third-order valence-corrected chi connectivity index (χ3v) is 4.49. The predicted molar refractivity (Wildman–Crippen MR) is 87.4 cm³/mol. The first kappa shape index (κ1) is 17.3. The van der Waals surface area contributed by atoms with Gasteiger partial charge in [0.05, 0.1) is 0 Å². The van der Waals surface area contributed by atoms with Gasteiger partial charge in [0.15, 0.2) is 0 Å². The van der Waals surface area contributed by atoms with Crippen LogP contribution < -0.4 is 10.6 Å². The molecule has 2 N–H and O–H groups in total. The molecule has 2 rings (SSSR count). The van der Waals surface area contributed by atoms with Gasteiger partial charge in [0.2, 0.25) is 11.8 Å². The summed E-state index contributed by atoms with van der Waals surface area (Å²) in [5, 5.41) is 6.46. The third-order valence-electron chi connectivity index (χ3n) is 4.49. The lowest BCUT2D eigenvalue weighted by atomic mass is 10.0. The molecule has 1 saturated heterocycles. The molecule has 0 spiro atoms. The van der Waals surface area contributed by atoms with Crippen LogP contribution in [0.4, 0.5) is 0 Å². The quantitative estimate of drug-likeness (QED) is 0.715. The van der Waals surface area contributed by atoms with Crippen LogP contribution in [-0.4, -0.2) is 48.9 Å². The van der Waals surface area contributed by atoms with Crippen molar-refractivity contribution in [2.75, 3.05) is 26.2 Å². The van der Waals surface area contributed by atoms with E-state index in [2.05, 4.69) is 10.6 Å². The van der Waals surface area contributed by atoms with Gasteiger partial charge in [-0.2, -0.15) is 0 Å². The highest BCUT2D eigenvalue weighted by atomic mass is 16.2. The number of hydrogen-bond acceptors (Lipinski definition) is 3. The second-order valence-corrected chi connectivity index (χ2v) is 7.20. The smallest absolute Gasteiger partial charge is 0.224 e. The van der Waals surface area contributed by atoms with Crippen LogP contribution in [0.15, 0.2) is 0 Å². The molecule has 0 bridgehead atoms. The number of nitrogens with one attached hydrogen (secondary N) is 2. The summed E-state index contributed by atoms with van der Waals surface area (Å²) in [5.41, 5.74) is 0. The van der Waals surface area contributed by atoms with Gasteiger partial charge in [-0.15, -0.1) is 0 Å². The Morgan fingerprint density at radius 1 is 1.14 bits per heavy atom. The van der Waals surface area contributed by atoms with E-state index in [1.807, 2.05) is 18.7 Å². The van der Waals surface area contributed by atoms with E-state index in [1.54, 1.807) is 0 Å². The lowest BCUT2D eigenvalue weighted by Gasteiger charge is -2.32. The maximum atomic E-state index is 12.1. The molecule has 0 aromatic heterocycles. The molecular formula is C17H31N3O2. The van der Waals surface area contributed by atoms with Crippen LogP contribution in [0.3, 0.4) is 0 Å². The summed E-state index contributed by atoms with van der Waals surface area (Å²) >= 11 is 0. The van der Waals surface area contributed by atoms with E-state index in [1.165, 1.54) is 12.8 Å². The van der Waals surface area contributed by atoms with Crippen LogP contribution in [0.1, 0.15) is 52.4 Å². The van der Waals surface area contributed by atoms with Gasteiger partial charge in [0.25, 0.3) is 0 Å². The van der Waals surface area contributed by atoms with Crippen LogP contribution in [0.5, 0.6) is 0 Å². The molecule has 2 fully saturated rings. The summed E-state index contributed by atoms with van der Waals surface area (Å²) in [5.74, 6) is 1.49. The number of carbonyl (C=O) groups is 2. The van der Waals surface area contributed by atoms with Crippen LogP contribution in [0.25, 0.3) is 0 Å². The molecule has 5 heteroatoms. The number of likely N-dealkylation sites (tertiary alicyclic amines) is 1. The molecule has 0 radical (unpaired) electrons. The topological polar surface area (TPSA) is 61.4 Å². The number of carbonyl (C=O) groups excluding carboxylic acids is 2. The second kappa shape index (κ2) is 8.51. The molecule has 22 heavy (non-hydrogen) atoms. The largest absolute Gasteiger partial charge is 0.356 e. The van der Waals surface area contributed by atoms with Gasteiger partial charge in [0.1, 0.15) is 0 Å². The molecule has 0 unspecified atom stereocenters. The van der Waals surface area contributed by atoms with Crippen LogP contribution >= 0.6 is 0 Å². The Morgan fingerprint density at radius 2 is 1.82 bits per heavy atom. The number of piperidine rings is 1. The Balaban J connectivity index is 1.55. The van der Waals surface area contributed by atoms with E-state index in [-0.39, 0.29) is 11.8 Å². The molecule has 1 aliphatic carbocycles. The number of nitrogens with zero attached hydrogens (tertiary/aromatic N) is 1. The van der Waals surface area contributed by atoms with Gasteiger partial charge in [-0.25, -0.2) is 0 Å². The summed E-state index contributed by atoms with van der Waals surface area (Å²) in [4.78, 5) is 25.6. The molecule has 1 saturated carbocycles. The zero-order valence-corrected chi connectivity index (χ0v) is 14.1. The average molecular weight is 309 g/mol. The van der Waals surface area contributed by atoms with Crippen molar-refractivity contribution in [1.29, 1.82) is 0 Å². The average Bonchev–Trinajstić information content (AvgIpc) is 3.29. The van der Waals surface area contributed by atoms with Crippen LogP contribution in [-0.2, 0) is 9.59 Å². The molecule has 0 aromatic carbocycles. The Labute approximate surface area is 134 Å². The number of rotatable bonds is 8. The molecular weight excluding hydrogens is 278 g/mol. The SMILES string of the molecule is CC(C)CC(=O)NCCC(=O)N1CCC(NCC2CC2)CC1. The second-order valence-electron chi connectivity index (χ2n) is 7.20. The lowest BCUT2D eigenvalue weighted by molar-refractivity contribution is -0.132. The maximum Gasteiger partial charge on any atom is 0.224 e. The first-order valence-electron chi connectivity index (χ1n) is 8.82. The van der Waals surface area contributed by atoms with Crippen molar-refractivity contribution in [3.8, 4) is 0 Å². The molecule has 5 nitrogen and oxygen atoms in total. The minimum Gasteiger partial charge on any atom is -0.356 e. The molecule has 126 valence electrons. The number of amides is 2. The van der Waals surface area contributed by atoms with Crippen molar-refractivity contribution < 1.29 is 9.59 Å². The maximum absolute atomic E-state index is 12.1. The van der Waals surface area contributed by atoms with Crippen molar-refractivity contribution >= 4 is 11.8 Å². The van der Waals surface area contributed by atoms with E-state index in [9.17, 15) is 9.59 Å². The van der Waals surface area contributed by atoms with E-state index in [0.717, 1.165) is 38.4 Å². The first-order chi connectivity index (χ1) is 10.5.